The number of rotatable bonds is 6. The lowest BCUT2D eigenvalue weighted by molar-refractivity contribution is -0.138. The second-order valence-corrected chi connectivity index (χ2v) is 4.64. The molecule has 6 heteroatoms. The summed E-state index contributed by atoms with van der Waals surface area (Å²) in [6.07, 6.45) is 0.140. The number of hydrogen-bond donors (Lipinski definition) is 2. The molecule has 0 radical (unpaired) electrons. The molecule has 2 aromatic rings. The maximum Gasteiger partial charge on any atom is 0.320 e. The lowest BCUT2D eigenvalue weighted by Crippen LogP contribution is -2.32. The number of benzene rings is 1. The number of carbonyl (C=O) groups is 1. The Morgan fingerprint density at radius 2 is 2.00 bits per heavy atom. The number of aliphatic carboxylic acids is 1. The molecular weight excluding hydrogens is 282 g/mol. The van der Waals surface area contributed by atoms with E-state index in [4.69, 9.17) is 31.6 Å². The number of carboxylic acid groups (broad SMARTS) is 1. The van der Waals surface area contributed by atoms with Crippen LogP contribution in [0, 0.1) is 0 Å². The Hall–Kier alpha value is -1.98. The fourth-order valence-electron chi connectivity index (χ4n) is 1.62. The first-order valence-electron chi connectivity index (χ1n) is 5.99. The van der Waals surface area contributed by atoms with E-state index in [0.717, 1.165) is 0 Å². The normalized spacial score (nSPS) is 12.1. The van der Waals surface area contributed by atoms with E-state index in [1.54, 1.807) is 24.3 Å². The van der Waals surface area contributed by atoms with Crippen molar-refractivity contribution in [1.82, 2.24) is 0 Å². The third-order valence-electron chi connectivity index (χ3n) is 2.66. The van der Waals surface area contributed by atoms with E-state index in [1.807, 2.05) is 12.1 Å². The van der Waals surface area contributed by atoms with Gasteiger partial charge in [-0.1, -0.05) is 23.7 Å². The molecule has 0 amide bonds. The lowest BCUT2D eigenvalue weighted by atomic mass is 10.2. The minimum absolute atomic E-state index is 0.140. The molecule has 0 aliphatic heterocycles. The quantitative estimate of drug-likeness (QED) is 0.855. The van der Waals surface area contributed by atoms with Gasteiger partial charge in [0.15, 0.2) is 0 Å². The minimum atomic E-state index is -1.06. The maximum atomic E-state index is 10.7. The van der Waals surface area contributed by atoms with Gasteiger partial charge in [-0.15, -0.1) is 0 Å². The zero-order valence-corrected chi connectivity index (χ0v) is 11.3. The first-order chi connectivity index (χ1) is 9.56. The van der Waals surface area contributed by atoms with Gasteiger partial charge in [0.25, 0.3) is 0 Å². The first kappa shape index (κ1) is 14.4. The highest BCUT2D eigenvalue weighted by Crippen LogP contribution is 2.24. The molecule has 1 atom stereocenters. The van der Waals surface area contributed by atoms with Crippen LogP contribution in [0.15, 0.2) is 40.8 Å². The van der Waals surface area contributed by atoms with Crippen LogP contribution in [0.4, 0.5) is 0 Å². The summed E-state index contributed by atoms with van der Waals surface area (Å²) in [4.78, 5) is 10.7. The molecule has 1 heterocycles. The highest BCUT2D eigenvalue weighted by atomic mass is 35.5. The van der Waals surface area contributed by atoms with Gasteiger partial charge >= 0.3 is 5.97 Å². The smallest absolute Gasteiger partial charge is 0.320 e. The number of hydrogen-bond acceptors (Lipinski definition) is 4. The molecule has 1 aromatic carbocycles. The molecule has 0 aliphatic rings. The summed E-state index contributed by atoms with van der Waals surface area (Å²) < 4.78 is 11.0. The van der Waals surface area contributed by atoms with Gasteiger partial charge in [0, 0.05) is 6.42 Å². The number of halogens is 1. The van der Waals surface area contributed by atoms with Crippen LogP contribution in [0.5, 0.6) is 5.75 Å². The number of nitrogens with two attached hydrogens (primary N) is 1. The molecular formula is C14H14ClNO4. The third kappa shape index (κ3) is 3.76. The van der Waals surface area contributed by atoms with Crippen LogP contribution in [-0.2, 0) is 17.8 Å². The molecule has 1 unspecified atom stereocenters. The third-order valence-corrected chi connectivity index (χ3v) is 2.97. The number of para-hydroxylation sites is 1. The predicted molar refractivity (Wildman–Crippen MR) is 73.8 cm³/mol. The molecule has 0 fully saturated rings. The average molecular weight is 296 g/mol. The lowest BCUT2D eigenvalue weighted by Gasteiger charge is -2.06. The fraction of sp³-hybridized carbons (Fsp3) is 0.214. The Morgan fingerprint density at radius 3 is 2.70 bits per heavy atom. The van der Waals surface area contributed by atoms with Crippen LogP contribution >= 0.6 is 11.6 Å². The molecule has 0 spiro atoms. The SMILES string of the molecule is NC(Cc1ccc(COc2ccccc2Cl)o1)C(=O)O. The van der Waals surface area contributed by atoms with Gasteiger partial charge in [-0.2, -0.15) is 0 Å². The molecule has 0 saturated carbocycles. The molecule has 106 valence electrons. The van der Waals surface area contributed by atoms with E-state index in [-0.39, 0.29) is 13.0 Å². The Labute approximate surface area is 120 Å². The van der Waals surface area contributed by atoms with Crippen molar-refractivity contribution in [2.24, 2.45) is 5.73 Å². The molecule has 20 heavy (non-hydrogen) atoms. The van der Waals surface area contributed by atoms with Crippen molar-refractivity contribution in [2.45, 2.75) is 19.1 Å². The Kier molecular flexibility index (Phi) is 4.65. The van der Waals surface area contributed by atoms with Crippen LogP contribution < -0.4 is 10.5 Å². The maximum absolute atomic E-state index is 10.7. The van der Waals surface area contributed by atoms with Crippen molar-refractivity contribution >= 4 is 17.6 Å². The van der Waals surface area contributed by atoms with Crippen LogP contribution in [0.25, 0.3) is 0 Å². The zero-order valence-electron chi connectivity index (χ0n) is 10.6. The number of ether oxygens (including phenoxy) is 1. The van der Waals surface area contributed by atoms with Crippen molar-refractivity contribution in [2.75, 3.05) is 0 Å². The topological polar surface area (TPSA) is 85.7 Å². The first-order valence-corrected chi connectivity index (χ1v) is 6.37. The summed E-state index contributed by atoms with van der Waals surface area (Å²) in [7, 11) is 0. The van der Waals surface area contributed by atoms with E-state index < -0.39 is 12.0 Å². The second-order valence-electron chi connectivity index (χ2n) is 4.24. The average Bonchev–Trinajstić information content (AvgIpc) is 2.85. The molecule has 2 rings (SSSR count). The summed E-state index contributed by atoms with van der Waals surface area (Å²) in [5.41, 5.74) is 5.43. The van der Waals surface area contributed by atoms with Gasteiger partial charge in [-0.05, 0) is 24.3 Å². The van der Waals surface area contributed by atoms with Crippen molar-refractivity contribution in [3.63, 3.8) is 0 Å². The van der Waals surface area contributed by atoms with Crippen LogP contribution in [-0.4, -0.2) is 17.1 Å². The summed E-state index contributed by atoms with van der Waals surface area (Å²) in [5, 5.41) is 9.25. The van der Waals surface area contributed by atoms with E-state index in [9.17, 15) is 4.79 Å². The standard InChI is InChI=1S/C14H14ClNO4/c15-11-3-1-2-4-13(11)19-8-10-6-5-9(20-10)7-12(16)14(17)18/h1-6,12H,7-8,16H2,(H,17,18). The van der Waals surface area contributed by atoms with E-state index in [0.29, 0.717) is 22.3 Å². The summed E-state index contributed by atoms with van der Waals surface area (Å²) >= 11 is 5.96. The van der Waals surface area contributed by atoms with Gasteiger partial charge in [-0.3, -0.25) is 4.79 Å². The van der Waals surface area contributed by atoms with Crippen molar-refractivity contribution < 1.29 is 19.1 Å². The molecule has 3 N–H and O–H groups in total. The minimum Gasteiger partial charge on any atom is -0.484 e. The molecule has 0 bridgehead atoms. The van der Waals surface area contributed by atoms with Gasteiger partial charge in [0.1, 0.15) is 29.9 Å². The Balaban J connectivity index is 1.93. The monoisotopic (exact) mass is 295 g/mol. The largest absolute Gasteiger partial charge is 0.484 e. The molecule has 1 aromatic heterocycles. The molecule has 0 aliphatic carbocycles. The zero-order chi connectivity index (χ0) is 14.5. The molecule has 0 saturated heterocycles. The van der Waals surface area contributed by atoms with Crippen molar-refractivity contribution in [3.8, 4) is 5.75 Å². The summed E-state index contributed by atoms with van der Waals surface area (Å²) in [6, 6.07) is 9.56. The predicted octanol–water partition coefficient (Wildman–Crippen LogP) is 2.47. The van der Waals surface area contributed by atoms with Crippen LogP contribution in [0.3, 0.4) is 0 Å². The van der Waals surface area contributed by atoms with Crippen LogP contribution in [0.2, 0.25) is 5.02 Å². The fourth-order valence-corrected chi connectivity index (χ4v) is 1.81. The summed E-state index contributed by atoms with van der Waals surface area (Å²) in [6.45, 7) is 0.214. The number of carboxylic acids is 1. The van der Waals surface area contributed by atoms with Gasteiger partial charge in [0.2, 0.25) is 0 Å². The van der Waals surface area contributed by atoms with Gasteiger partial charge < -0.3 is 20.0 Å². The highest BCUT2D eigenvalue weighted by Gasteiger charge is 2.14. The van der Waals surface area contributed by atoms with E-state index in [1.165, 1.54) is 0 Å². The van der Waals surface area contributed by atoms with Crippen molar-refractivity contribution in [3.05, 3.63) is 52.9 Å². The van der Waals surface area contributed by atoms with Gasteiger partial charge in [-0.25, -0.2) is 0 Å². The van der Waals surface area contributed by atoms with Crippen molar-refractivity contribution in [1.29, 1.82) is 0 Å². The molecule has 5 nitrogen and oxygen atoms in total. The van der Waals surface area contributed by atoms with E-state index >= 15 is 0 Å². The van der Waals surface area contributed by atoms with Gasteiger partial charge in [0.05, 0.1) is 5.02 Å². The Bertz CT molecular complexity index is 596. The van der Waals surface area contributed by atoms with Crippen LogP contribution in [0.1, 0.15) is 11.5 Å². The van der Waals surface area contributed by atoms with E-state index in [2.05, 4.69) is 0 Å². The second kappa shape index (κ2) is 6.45. The Morgan fingerprint density at radius 1 is 1.30 bits per heavy atom. The number of furan rings is 1. The summed E-state index contributed by atoms with van der Waals surface area (Å²) in [5.74, 6) is 0.597. The highest BCUT2D eigenvalue weighted by molar-refractivity contribution is 6.32.